The van der Waals surface area contributed by atoms with Gasteiger partial charge in [-0.05, 0) is 43.5 Å². The van der Waals surface area contributed by atoms with Gasteiger partial charge in [0.15, 0.2) is 0 Å². The van der Waals surface area contributed by atoms with E-state index in [4.69, 9.17) is 29.6 Å². The van der Waals surface area contributed by atoms with Gasteiger partial charge in [0.05, 0.1) is 11.0 Å². The number of carbonyl (C=O) groups is 1. The first-order valence-electron chi connectivity index (χ1n) is 5.87. The number of benzene rings is 1. The number of rotatable bonds is 2. The number of halogens is 1. The summed E-state index contributed by atoms with van der Waals surface area (Å²) in [5, 5.41) is 0.636. The summed E-state index contributed by atoms with van der Waals surface area (Å²) >= 11 is 10.9. The third-order valence-electron chi connectivity index (χ3n) is 3.26. The highest BCUT2D eigenvalue weighted by molar-refractivity contribution is 7.80. The van der Waals surface area contributed by atoms with Crippen LogP contribution in [0.15, 0.2) is 18.2 Å². The predicted molar refractivity (Wildman–Crippen MR) is 77.0 cm³/mol. The number of nitrogens with zero attached hydrogens (tertiary/aromatic N) is 1. The Morgan fingerprint density at radius 3 is 2.89 bits per heavy atom. The van der Waals surface area contributed by atoms with Crippen LogP contribution in [0.25, 0.3) is 0 Å². The van der Waals surface area contributed by atoms with Crippen molar-refractivity contribution in [1.29, 1.82) is 0 Å². The molecule has 1 heterocycles. The van der Waals surface area contributed by atoms with Gasteiger partial charge in [0.1, 0.15) is 0 Å². The van der Waals surface area contributed by atoms with Crippen molar-refractivity contribution < 1.29 is 4.79 Å². The minimum atomic E-state index is -0.109. The van der Waals surface area contributed by atoms with Crippen LogP contribution in [-0.2, 0) is 0 Å². The van der Waals surface area contributed by atoms with E-state index < -0.39 is 0 Å². The largest absolute Gasteiger partial charge is 0.392 e. The van der Waals surface area contributed by atoms with E-state index in [1.807, 2.05) is 6.92 Å². The molecular weight excluding hydrogens is 268 g/mol. The van der Waals surface area contributed by atoms with E-state index in [-0.39, 0.29) is 11.9 Å². The highest BCUT2D eigenvalue weighted by atomic mass is 35.5. The van der Waals surface area contributed by atoms with Crippen LogP contribution in [0.5, 0.6) is 0 Å². The molecule has 96 valence electrons. The van der Waals surface area contributed by atoms with Crippen molar-refractivity contribution in [3.63, 3.8) is 0 Å². The summed E-state index contributed by atoms with van der Waals surface area (Å²) in [4.78, 5) is 14.6. The number of thiocarbonyl (C=S) groups is 1. The molecule has 0 bridgehead atoms. The minimum Gasteiger partial charge on any atom is -0.392 e. The molecule has 1 amide bonds. The van der Waals surface area contributed by atoms with Crippen LogP contribution in [0.1, 0.15) is 28.8 Å². The second-order valence-electron chi connectivity index (χ2n) is 4.52. The molecule has 1 aliphatic heterocycles. The first kappa shape index (κ1) is 13.3. The Bertz CT molecular complexity index is 504. The molecule has 1 aromatic rings. The third kappa shape index (κ3) is 2.49. The van der Waals surface area contributed by atoms with Crippen molar-refractivity contribution in [3.05, 3.63) is 34.3 Å². The zero-order valence-electron chi connectivity index (χ0n) is 10.1. The molecule has 1 unspecified atom stereocenters. The van der Waals surface area contributed by atoms with E-state index in [0.717, 1.165) is 18.4 Å². The zero-order chi connectivity index (χ0) is 13.3. The first-order valence-corrected chi connectivity index (χ1v) is 6.66. The van der Waals surface area contributed by atoms with E-state index in [0.29, 0.717) is 22.1 Å². The fraction of sp³-hybridized carbons (Fsp3) is 0.385. The molecule has 1 atom stereocenters. The summed E-state index contributed by atoms with van der Waals surface area (Å²) in [6.45, 7) is 2.59. The first-order chi connectivity index (χ1) is 8.50. The van der Waals surface area contributed by atoms with Gasteiger partial charge in [0.2, 0.25) is 0 Å². The Hall–Kier alpha value is -1.13. The van der Waals surface area contributed by atoms with E-state index in [1.165, 1.54) is 0 Å². The van der Waals surface area contributed by atoms with Gasteiger partial charge in [0.25, 0.3) is 5.91 Å². The summed E-state index contributed by atoms with van der Waals surface area (Å²) in [5.74, 6) is -0.0144. The number of amides is 1. The average molecular weight is 283 g/mol. The summed E-state index contributed by atoms with van der Waals surface area (Å²) < 4.78 is 0. The molecule has 1 aromatic carbocycles. The molecule has 1 aliphatic rings. The topological polar surface area (TPSA) is 46.3 Å². The smallest absolute Gasteiger partial charge is 0.254 e. The van der Waals surface area contributed by atoms with Crippen molar-refractivity contribution >= 4 is 34.7 Å². The fourth-order valence-electron chi connectivity index (χ4n) is 2.33. The molecule has 2 rings (SSSR count). The second-order valence-corrected chi connectivity index (χ2v) is 5.43. The normalized spacial score (nSPS) is 19.0. The molecule has 1 fully saturated rings. The Balaban J connectivity index is 2.28. The second kappa shape index (κ2) is 5.24. The maximum atomic E-state index is 12.5. The number of aryl methyl sites for hydroxylation is 1. The average Bonchev–Trinajstić information content (AvgIpc) is 2.77. The maximum Gasteiger partial charge on any atom is 0.254 e. The molecule has 5 heteroatoms. The quantitative estimate of drug-likeness (QED) is 0.848. The van der Waals surface area contributed by atoms with Gasteiger partial charge >= 0.3 is 0 Å². The SMILES string of the molecule is Cc1cc(Cl)ccc1C(=O)N1CCCC1C(N)=S. The van der Waals surface area contributed by atoms with Crippen LogP contribution >= 0.6 is 23.8 Å². The van der Waals surface area contributed by atoms with Gasteiger partial charge in [-0.1, -0.05) is 23.8 Å². The molecule has 3 nitrogen and oxygen atoms in total. The van der Waals surface area contributed by atoms with Gasteiger partial charge in [-0.15, -0.1) is 0 Å². The van der Waals surface area contributed by atoms with Gasteiger partial charge < -0.3 is 10.6 Å². The predicted octanol–water partition coefficient (Wildman–Crippen LogP) is 2.54. The van der Waals surface area contributed by atoms with Gasteiger partial charge in [-0.2, -0.15) is 0 Å². The van der Waals surface area contributed by atoms with Crippen molar-refractivity contribution in [2.24, 2.45) is 5.73 Å². The molecule has 0 aromatic heterocycles. The van der Waals surface area contributed by atoms with E-state index >= 15 is 0 Å². The summed E-state index contributed by atoms with van der Waals surface area (Å²) in [5.41, 5.74) is 7.23. The molecule has 18 heavy (non-hydrogen) atoms. The van der Waals surface area contributed by atoms with E-state index in [9.17, 15) is 4.79 Å². The molecule has 1 saturated heterocycles. The van der Waals surface area contributed by atoms with Crippen molar-refractivity contribution in [2.45, 2.75) is 25.8 Å². The lowest BCUT2D eigenvalue weighted by molar-refractivity contribution is 0.0769. The van der Waals surface area contributed by atoms with Crippen molar-refractivity contribution in [2.75, 3.05) is 6.54 Å². The number of carbonyl (C=O) groups excluding carboxylic acids is 1. The standard InChI is InChI=1S/C13H15ClN2OS/c1-8-7-9(14)4-5-10(8)13(17)16-6-2-3-11(16)12(15)18/h4-5,7,11H,2-3,6H2,1H3,(H2,15,18). The molecule has 0 aliphatic carbocycles. The molecule has 0 saturated carbocycles. The van der Waals surface area contributed by atoms with Crippen molar-refractivity contribution in [1.82, 2.24) is 4.90 Å². The highest BCUT2D eigenvalue weighted by Crippen LogP contribution is 2.23. The third-order valence-corrected chi connectivity index (χ3v) is 3.77. The fourth-order valence-corrected chi connectivity index (χ4v) is 2.80. The lowest BCUT2D eigenvalue weighted by Gasteiger charge is -2.24. The molecule has 2 N–H and O–H groups in total. The summed E-state index contributed by atoms with van der Waals surface area (Å²) in [6, 6.07) is 5.17. The van der Waals surface area contributed by atoms with E-state index in [1.54, 1.807) is 23.1 Å². The lowest BCUT2D eigenvalue weighted by atomic mass is 10.1. The maximum absolute atomic E-state index is 12.5. The van der Waals surface area contributed by atoms with Crippen LogP contribution in [0.3, 0.4) is 0 Å². The van der Waals surface area contributed by atoms with Crippen LogP contribution in [0.2, 0.25) is 5.02 Å². The lowest BCUT2D eigenvalue weighted by Crippen LogP contribution is -2.43. The molecule has 0 radical (unpaired) electrons. The highest BCUT2D eigenvalue weighted by Gasteiger charge is 2.31. The molecular formula is C13H15ClN2OS. The Kier molecular flexibility index (Phi) is 3.88. The Morgan fingerprint density at radius 1 is 1.56 bits per heavy atom. The van der Waals surface area contributed by atoms with Crippen LogP contribution in [-0.4, -0.2) is 28.4 Å². The van der Waals surface area contributed by atoms with Crippen LogP contribution in [0, 0.1) is 6.92 Å². The van der Waals surface area contributed by atoms with Crippen LogP contribution < -0.4 is 5.73 Å². The zero-order valence-corrected chi connectivity index (χ0v) is 11.7. The summed E-state index contributed by atoms with van der Waals surface area (Å²) in [6.07, 6.45) is 1.80. The van der Waals surface area contributed by atoms with Crippen LogP contribution in [0.4, 0.5) is 0 Å². The van der Waals surface area contributed by atoms with Crippen molar-refractivity contribution in [3.8, 4) is 0 Å². The minimum absolute atomic E-state index is 0.0144. The monoisotopic (exact) mass is 282 g/mol. The van der Waals surface area contributed by atoms with Gasteiger partial charge in [0, 0.05) is 17.1 Å². The number of hydrogen-bond donors (Lipinski definition) is 1. The van der Waals surface area contributed by atoms with Gasteiger partial charge in [-0.25, -0.2) is 0 Å². The number of likely N-dealkylation sites (tertiary alicyclic amines) is 1. The number of nitrogens with two attached hydrogens (primary N) is 1. The Labute approximate surface area is 117 Å². The van der Waals surface area contributed by atoms with Gasteiger partial charge in [-0.3, -0.25) is 4.79 Å². The number of hydrogen-bond acceptors (Lipinski definition) is 2. The van der Waals surface area contributed by atoms with E-state index in [2.05, 4.69) is 0 Å². The Morgan fingerprint density at radius 2 is 2.28 bits per heavy atom. The molecule has 0 spiro atoms. The summed E-state index contributed by atoms with van der Waals surface area (Å²) in [7, 11) is 0.